The minimum absolute atomic E-state index is 0.204. The molecular formula is C13H14ClFN2S. The summed E-state index contributed by atoms with van der Waals surface area (Å²) in [5, 5.41) is 2.42. The molecule has 2 aromatic rings. The Bertz CT molecular complexity index is 502. The Morgan fingerprint density at radius 2 is 2.22 bits per heavy atom. The molecule has 0 fully saturated rings. The molecule has 96 valence electrons. The average molecular weight is 285 g/mol. The molecule has 1 unspecified atom stereocenters. The Kier molecular flexibility index (Phi) is 4.72. The van der Waals surface area contributed by atoms with Gasteiger partial charge in [0.1, 0.15) is 5.82 Å². The van der Waals surface area contributed by atoms with E-state index >= 15 is 0 Å². The summed E-state index contributed by atoms with van der Waals surface area (Å²) in [7, 11) is 0. The van der Waals surface area contributed by atoms with E-state index in [2.05, 4.69) is 11.5 Å². The second-order valence-corrected chi connectivity index (χ2v) is 5.47. The van der Waals surface area contributed by atoms with Gasteiger partial charge in [0.25, 0.3) is 0 Å². The summed E-state index contributed by atoms with van der Waals surface area (Å²) >= 11 is 7.43. The Labute approximate surface area is 115 Å². The predicted molar refractivity (Wildman–Crippen MR) is 74.1 cm³/mol. The fourth-order valence-corrected chi connectivity index (χ4v) is 2.74. The van der Waals surface area contributed by atoms with E-state index in [1.54, 1.807) is 23.5 Å². The van der Waals surface area contributed by atoms with E-state index in [1.165, 1.54) is 10.9 Å². The van der Waals surface area contributed by atoms with Crippen LogP contribution in [0.1, 0.15) is 22.9 Å². The zero-order chi connectivity index (χ0) is 13.0. The van der Waals surface area contributed by atoms with Gasteiger partial charge in [-0.05, 0) is 36.4 Å². The lowest BCUT2D eigenvalue weighted by molar-refractivity contribution is 0.487. The van der Waals surface area contributed by atoms with Crippen molar-refractivity contribution in [3.8, 4) is 0 Å². The summed E-state index contributed by atoms with van der Waals surface area (Å²) in [6, 6.07) is 8.53. The topological polar surface area (TPSA) is 38.0 Å². The summed E-state index contributed by atoms with van der Waals surface area (Å²) in [5.74, 6) is 5.18. The first-order chi connectivity index (χ1) is 8.70. The number of halogens is 2. The van der Waals surface area contributed by atoms with Gasteiger partial charge >= 0.3 is 0 Å². The lowest BCUT2D eigenvalue weighted by atomic mass is 10.0. The molecule has 1 atom stereocenters. The van der Waals surface area contributed by atoms with Crippen LogP contribution in [0.15, 0.2) is 35.7 Å². The van der Waals surface area contributed by atoms with Gasteiger partial charge in [-0.3, -0.25) is 11.3 Å². The van der Waals surface area contributed by atoms with Gasteiger partial charge < -0.3 is 0 Å². The van der Waals surface area contributed by atoms with Crippen molar-refractivity contribution >= 4 is 22.9 Å². The van der Waals surface area contributed by atoms with Crippen molar-refractivity contribution < 1.29 is 4.39 Å². The molecule has 0 saturated heterocycles. The van der Waals surface area contributed by atoms with E-state index in [0.29, 0.717) is 10.6 Å². The third kappa shape index (κ3) is 3.29. The van der Waals surface area contributed by atoms with E-state index in [-0.39, 0.29) is 11.9 Å². The van der Waals surface area contributed by atoms with Gasteiger partial charge in [-0.1, -0.05) is 23.7 Å². The van der Waals surface area contributed by atoms with Crippen LogP contribution in [0.5, 0.6) is 0 Å². The number of aryl methyl sites for hydroxylation is 1. The van der Waals surface area contributed by atoms with Crippen molar-refractivity contribution in [1.82, 2.24) is 5.43 Å². The molecule has 5 heteroatoms. The zero-order valence-corrected chi connectivity index (χ0v) is 11.3. The first-order valence-electron chi connectivity index (χ1n) is 5.64. The lowest BCUT2D eigenvalue weighted by Crippen LogP contribution is -2.29. The van der Waals surface area contributed by atoms with Gasteiger partial charge in [0.2, 0.25) is 0 Å². The molecule has 0 amide bonds. The van der Waals surface area contributed by atoms with Crippen LogP contribution in [0, 0.1) is 5.82 Å². The SMILES string of the molecule is NNC(CCc1cccs1)c1ccc(Cl)cc1F. The third-order valence-corrected chi connectivity index (χ3v) is 3.97. The molecule has 18 heavy (non-hydrogen) atoms. The normalized spacial score (nSPS) is 12.6. The van der Waals surface area contributed by atoms with Crippen LogP contribution in [-0.4, -0.2) is 0 Å². The van der Waals surface area contributed by atoms with E-state index < -0.39 is 0 Å². The van der Waals surface area contributed by atoms with Crippen LogP contribution < -0.4 is 11.3 Å². The van der Waals surface area contributed by atoms with Crippen LogP contribution in [0.3, 0.4) is 0 Å². The Morgan fingerprint density at radius 3 is 2.83 bits per heavy atom. The van der Waals surface area contributed by atoms with E-state index in [1.807, 2.05) is 11.4 Å². The van der Waals surface area contributed by atoms with Gasteiger partial charge in [-0.25, -0.2) is 4.39 Å². The molecule has 0 aliphatic heterocycles. The van der Waals surface area contributed by atoms with Crippen molar-refractivity contribution in [2.45, 2.75) is 18.9 Å². The molecule has 0 aliphatic rings. The van der Waals surface area contributed by atoms with Crippen LogP contribution in [0.4, 0.5) is 4.39 Å². The highest BCUT2D eigenvalue weighted by molar-refractivity contribution is 7.09. The monoisotopic (exact) mass is 284 g/mol. The summed E-state index contributed by atoms with van der Waals surface area (Å²) in [6.45, 7) is 0. The Hall–Kier alpha value is -0.940. The van der Waals surface area contributed by atoms with Crippen molar-refractivity contribution in [3.63, 3.8) is 0 Å². The molecule has 1 aromatic heterocycles. The minimum Gasteiger partial charge on any atom is -0.271 e. The quantitative estimate of drug-likeness (QED) is 0.649. The number of hydrazine groups is 1. The maximum atomic E-state index is 13.8. The number of rotatable bonds is 5. The Morgan fingerprint density at radius 1 is 1.39 bits per heavy atom. The lowest BCUT2D eigenvalue weighted by Gasteiger charge is -2.16. The number of nitrogens with two attached hydrogens (primary N) is 1. The van der Waals surface area contributed by atoms with Gasteiger partial charge in [0.15, 0.2) is 0 Å². The smallest absolute Gasteiger partial charge is 0.129 e. The summed E-state index contributed by atoms with van der Waals surface area (Å²) in [5.41, 5.74) is 3.22. The number of thiophene rings is 1. The molecule has 0 bridgehead atoms. The first-order valence-corrected chi connectivity index (χ1v) is 6.90. The van der Waals surface area contributed by atoms with Gasteiger partial charge in [0.05, 0.1) is 0 Å². The third-order valence-electron chi connectivity index (χ3n) is 2.80. The van der Waals surface area contributed by atoms with Crippen LogP contribution in [-0.2, 0) is 6.42 Å². The molecule has 3 N–H and O–H groups in total. The van der Waals surface area contributed by atoms with Crippen LogP contribution in [0.2, 0.25) is 5.02 Å². The van der Waals surface area contributed by atoms with Crippen LogP contribution >= 0.6 is 22.9 Å². The van der Waals surface area contributed by atoms with E-state index in [0.717, 1.165) is 12.8 Å². The molecule has 0 saturated carbocycles. The second kappa shape index (κ2) is 6.29. The minimum atomic E-state index is -0.323. The predicted octanol–water partition coefficient (Wildman–Crippen LogP) is 3.68. The highest BCUT2D eigenvalue weighted by Gasteiger charge is 2.14. The number of benzene rings is 1. The molecule has 1 heterocycles. The zero-order valence-electron chi connectivity index (χ0n) is 9.70. The fraction of sp³-hybridized carbons (Fsp3) is 0.231. The van der Waals surface area contributed by atoms with Crippen molar-refractivity contribution in [3.05, 3.63) is 57.0 Å². The number of hydrogen-bond donors (Lipinski definition) is 2. The molecule has 0 radical (unpaired) electrons. The van der Waals surface area contributed by atoms with E-state index in [4.69, 9.17) is 17.4 Å². The number of nitrogens with one attached hydrogen (secondary N) is 1. The van der Waals surface area contributed by atoms with Crippen LogP contribution in [0.25, 0.3) is 0 Å². The van der Waals surface area contributed by atoms with E-state index in [9.17, 15) is 4.39 Å². The van der Waals surface area contributed by atoms with Crippen molar-refractivity contribution in [2.75, 3.05) is 0 Å². The maximum absolute atomic E-state index is 13.8. The highest BCUT2D eigenvalue weighted by Crippen LogP contribution is 2.24. The van der Waals surface area contributed by atoms with Gasteiger partial charge in [-0.15, -0.1) is 11.3 Å². The Balaban J connectivity index is 2.08. The number of hydrogen-bond acceptors (Lipinski definition) is 3. The molecule has 1 aromatic carbocycles. The average Bonchev–Trinajstić information content (AvgIpc) is 2.85. The largest absolute Gasteiger partial charge is 0.271 e. The van der Waals surface area contributed by atoms with Crippen molar-refractivity contribution in [1.29, 1.82) is 0 Å². The van der Waals surface area contributed by atoms with Gasteiger partial charge in [-0.2, -0.15) is 0 Å². The van der Waals surface area contributed by atoms with Gasteiger partial charge in [0, 0.05) is 21.5 Å². The second-order valence-electron chi connectivity index (χ2n) is 4.00. The standard InChI is InChI=1S/C13H14ClFN2S/c14-9-3-5-11(12(15)8-9)13(17-16)6-4-10-2-1-7-18-10/h1-3,5,7-8,13,17H,4,6,16H2. The summed E-state index contributed by atoms with van der Waals surface area (Å²) < 4.78 is 13.8. The summed E-state index contributed by atoms with van der Waals surface area (Å²) in [4.78, 5) is 1.27. The molecule has 0 spiro atoms. The molecule has 2 nitrogen and oxygen atoms in total. The molecule has 2 rings (SSSR count). The maximum Gasteiger partial charge on any atom is 0.129 e. The molecular weight excluding hydrogens is 271 g/mol. The molecule has 0 aliphatic carbocycles. The summed E-state index contributed by atoms with van der Waals surface area (Å²) in [6.07, 6.45) is 1.62. The first kappa shape index (κ1) is 13.5. The fourth-order valence-electron chi connectivity index (χ4n) is 1.85. The highest BCUT2D eigenvalue weighted by atomic mass is 35.5. The van der Waals surface area contributed by atoms with Crippen molar-refractivity contribution in [2.24, 2.45) is 5.84 Å².